The number of carbonyl (C=O) groups excluding carboxylic acids is 1. The van der Waals surface area contributed by atoms with Gasteiger partial charge in [-0.3, -0.25) is 9.69 Å². The highest BCUT2D eigenvalue weighted by Gasteiger charge is 2.41. The molecule has 1 atom stereocenters. The molecule has 8 heteroatoms. The van der Waals surface area contributed by atoms with Crippen molar-refractivity contribution in [1.29, 1.82) is 0 Å². The zero-order valence-corrected chi connectivity index (χ0v) is 20.9. The van der Waals surface area contributed by atoms with Crippen LogP contribution < -0.4 is 9.47 Å². The maximum atomic E-state index is 12.9. The highest BCUT2D eigenvalue weighted by molar-refractivity contribution is 8.26. The second-order valence-electron chi connectivity index (χ2n) is 8.11. The molecule has 0 saturated carbocycles. The standard InChI is InChI=1S/C24H33NO5S2/c1-5-6-7-8-9-10-13-30-18-12-11-17(14-19(18)29-4)15-20-22(26)25(24(31)32-20)21(16(2)3)23(27)28/h11-12,14-16,21H,5-10,13H2,1-4H3,(H,27,28). The van der Waals surface area contributed by atoms with Crippen LogP contribution in [-0.2, 0) is 9.59 Å². The van der Waals surface area contributed by atoms with Gasteiger partial charge in [-0.1, -0.05) is 82.9 Å². The molecular formula is C24H33NO5S2. The number of unbranched alkanes of at least 4 members (excludes halogenated alkanes) is 5. The van der Waals surface area contributed by atoms with E-state index >= 15 is 0 Å². The molecule has 1 aromatic carbocycles. The molecule has 6 nitrogen and oxygen atoms in total. The van der Waals surface area contributed by atoms with Crippen molar-refractivity contribution in [3.63, 3.8) is 0 Å². The topological polar surface area (TPSA) is 76.1 Å². The number of rotatable bonds is 13. The van der Waals surface area contributed by atoms with Crippen LogP contribution in [0.15, 0.2) is 23.1 Å². The van der Waals surface area contributed by atoms with Gasteiger partial charge < -0.3 is 14.6 Å². The minimum Gasteiger partial charge on any atom is -0.493 e. The van der Waals surface area contributed by atoms with Crippen LogP contribution in [0.4, 0.5) is 0 Å². The van der Waals surface area contributed by atoms with E-state index in [1.807, 2.05) is 12.1 Å². The molecular weight excluding hydrogens is 446 g/mol. The number of methoxy groups -OCH3 is 1. The van der Waals surface area contributed by atoms with Crippen LogP contribution in [0.5, 0.6) is 11.5 Å². The molecule has 0 aromatic heterocycles. The first-order valence-electron chi connectivity index (χ1n) is 11.1. The first-order valence-corrected chi connectivity index (χ1v) is 12.3. The van der Waals surface area contributed by atoms with Crippen LogP contribution in [0.25, 0.3) is 6.08 Å². The number of aliphatic carboxylic acids is 1. The zero-order chi connectivity index (χ0) is 23.7. The van der Waals surface area contributed by atoms with Crippen LogP contribution in [0.1, 0.15) is 64.9 Å². The van der Waals surface area contributed by atoms with Gasteiger partial charge in [0.05, 0.1) is 18.6 Å². The van der Waals surface area contributed by atoms with Gasteiger partial charge in [0.25, 0.3) is 5.91 Å². The van der Waals surface area contributed by atoms with Crippen LogP contribution in [-0.4, -0.2) is 46.0 Å². The Labute approximate surface area is 200 Å². The van der Waals surface area contributed by atoms with Crippen molar-refractivity contribution < 1.29 is 24.2 Å². The Kier molecular flexibility index (Phi) is 10.5. The van der Waals surface area contributed by atoms with Crippen LogP contribution in [0.2, 0.25) is 0 Å². The summed E-state index contributed by atoms with van der Waals surface area (Å²) in [5.41, 5.74) is 0.755. The van der Waals surface area contributed by atoms with Crippen molar-refractivity contribution in [2.45, 2.75) is 65.3 Å². The monoisotopic (exact) mass is 479 g/mol. The second-order valence-corrected chi connectivity index (χ2v) is 9.78. The molecule has 1 N–H and O–H groups in total. The summed E-state index contributed by atoms with van der Waals surface area (Å²) < 4.78 is 11.6. The number of thiocarbonyl (C=S) groups is 1. The van der Waals surface area contributed by atoms with Gasteiger partial charge in [0, 0.05) is 0 Å². The Morgan fingerprint density at radius 2 is 1.88 bits per heavy atom. The summed E-state index contributed by atoms with van der Waals surface area (Å²) in [6, 6.07) is 4.50. The number of carboxylic acid groups (broad SMARTS) is 1. The van der Waals surface area contributed by atoms with Gasteiger partial charge in [-0.25, -0.2) is 4.79 Å². The van der Waals surface area contributed by atoms with E-state index in [2.05, 4.69) is 6.92 Å². The van der Waals surface area contributed by atoms with Crippen molar-refractivity contribution in [2.24, 2.45) is 5.92 Å². The van der Waals surface area contributed by atoms with Crippen LogP contribution in [0, 0.1) is 5.92 Å². The summed E-state index contributed by atoms with van der Waals surface area (Å²) in [5, 5.41) is 9.54. The van der Waals surface area contributed by atoms with Crippen LogP contribution in [0.3, 0.4) is 0 Å². The Morgan fingerprint density at radius 3 is 2.50 bits per heavy atom. The summed E-state index contributed by atoms with van der Waals surface area (Å²) in [5.74, 6) is -0.464. The number of thioether (sulfide) groups is 1. The lowest BCUT2D eigenvalue weighted by atomic mass is 10.0. The van der Waals surface area contributed by atoms with Crippen molar-refractivity contribution in [3.05, 3.63) is 28.7 Å². The zero-order valence-electron chi connectivity index (χ0n) is 19.3. The van der Waals surface area contributed by atoms with E-state index in [0.29, 0.717) is 23.0 Å². The van der Waals surface area contributed by atoms with Crippen molar-refractivity contribution in [1.82, 2.24) is 4.90 Å². The lowest BCUT2D eigenvalue weighted by Gasteiger charge is -2.26. The fourth-order valence-corrected chi connectivity index (χ4v) is 4.85. The Morgan fingerprint density at radius 1 is 1.19 bits per heavy atom. The molecule has 32 heavy (non-hydrogen) atoms. The average molecular weight is 480 g/mol. The fraction of sp³-hybridized carbons (Fsp3) is 0.542. The van der Waals surface area contributed by atoms with E-state index in [0.717, 1.165) is 30.2 Å². The van der Waals surface area contributed by atoms with E-state index in [1.54, 1.807) is 33.1 Å². The number of nitrogens with zero attached hydrogens (tertiary/aromatic N) is 1. The Balaban J connectivity index is 2.07. The van der Waals surface area contributed by atoms with E-state index in [-0.39, 0.29) is 16.1 Å². The third kappa shape index (κ3) is 6.97. The normalized spacial score (nSPS) is 16.2. The van der Waals surface area contributed by atoms with E-state index in [9.17, 15) is 14.7 Å². The lowest BCUT2D eigenvalue weighted by molar-refractivity contribution is -0.146. The van der Waals surface area contributed by atoms with E-state index in [1.165, 1.54) is 30.6 Å². The number of hydrogen-bond acceptors (Lipinski definition) is 6. The quantitative estimate of drug-likeness (QED) is 0.219. The molecule has 1 aliphatic rings. The lowest BCUT2D eigenvalue weighted by Crippen LogP contribution is -2.47. The van der Waals surface area contributed by atoms with Gasteiger partial charge in [-0.15, -0.1) is 0 Å². The molecule has 0 spiro atoms. The maximum absolute atomic E-state index is 12.9. The predicted molar refractivity (Wildman–Crippen MR) is 133 cm³/mol. The number of benzene rings is 1. The van der Waals surface area contributed by atoms with Crippen molar-refractivity contribution in [2.75, 3.05) is 13.7 Å². The van der Waals surface area contributed by atoms with Crippen molar-refractivity contribution >= 4 is 46.3 Å². The molecule has 0 aliphatic carbocycles. The Bertz CT molecular complexity index is 853. The minimum absolute atomic E-state index is 0.258. The highest BCUT2D eigenvalue weighted by atomic mass is 32.2. The SMILES string of the molecule is CCCCCCCCOc1ccc(C=C2SC(=S)N(C(C(=O)O)C(C)C)C2=O)cc1OC. The number of ether oxygens (including phenoxy) is 2. The second kappa shape index (κ2) is 12.8. The third-order valence-electron chi connectivity index (χ3n) is 5.23. The molecule has 1 aliphatic heterocycles. The van der Waals surface area contributed by atoms with Gasteiger partial charge in [-0.2, -0.15) is 0 Å². The van der Waals surface area contributed by atoms with Gasteiger partial charge in [0.2, 0.25) is 0 Å². The van der Waals surface area contributed by atoms with Gasteiger partial charge >= 0.3 is 5.97 Å². The molecule has 1 heterocycles. The van der Waals surface area contributed by atoms with Gasteiger partial charge in [-0.05, 0) is 36.1 Å². The number of carboxylic acids is 1. The third-order valence-corrected chi connectivity index (χ3v) is 6.56. The first-order chi connectivity index (χ1) is 15.3. The molecule has 1 aromatic rings. The van der Waals surface area contributed by atoms with Gasteiger partial charge in [0.1, 0.15) is 10.4 Å². The maximum Gasteiger partial charge on any atom is 0.327 e. The largest absolute Gasteiger partial charge is 0.493 e. The molecule has 2 rings (SSSR count). The number of carbonyl (C=O) groups is 2. The van der Waals surface area contributed by atoms with Crippen molar-refractivity contribution in [3.8, 4) is 11.5 Å². The summed E-state index contributed by atoms with van der Waals surface area (Å²) in [4.78, 5) is 26.2. The highest BCUT2D eigenvalue weighted by Crippen LogP contribution is 2.37. The summed E-state index contributed by atoms with van der Waals surface area (Å²) in [6.07, 6.45) is 8.87. The number of amides is 1. The molecule has 176 valence electrons. The molecule has 0 bridgehead atoms. The van der Waals surface area contributed by atoms with Gasteiger partial charge in [0.15, 0.2) is 11.5 Å². The summed E-state index contributed by atoms with van der Waals surface area (Å²) in [7, 11) is 1.58. The predicted octanol–water partition coefficient (Wildman–Crippen LogP) is 5.74. The molecule has 1 fully saturated rings. The average Bonchev–Trinajstić information content (AvgIpc) is 3.01. The summed E-state index contributed by atoms with van der Waals surface area (Å²) >= 11 is 6.42. The molecule has 1 amide bonds. The Hall–Kier alpha value is -2.06. The number of hydrogen-bond donors (Lipinski definition) is 1. The fourth-order valence-electron chi connectivity index (χ4n) is 3.52. The molecule has 1 saturated heterocycles. The van der Waals surface area contributed by atoms with E-state index < -0.39 is 12.0 Å². The first kappa shape index (κ1) is 26.2. The minimum atomic E-state index is -1.06. The molecule has 0 radical (unpaired) electrons. The summed E-state index contributed by atoms with van der Waals surface area (Å²) in [6.45, 7) is 6.36. The smallest absolute Gasteiger partial charge is 0.327 e. The van der Waals surface area contributed by atoms with E-state index in [4.69, 9.17) is 21.7 Å². The molecule has 1 unspecified atom stereocenters. The van der Waals surface area contributed by atoms with Crippen LogP contribution >= 0.6 is 24.0 Å².